The first-order valence-electron chi connectivity index (χ1n) is 8.38. The number of amides is 2. The third-order valence-corrected chi connectivity index (χ3v) is 3.68. The quantitative estimate of drug-likeness (QED) is 0.831. The van der Waals surface area contributed by atoms with Gasteiger partial charge in [0.1, 0.15) is 17.2 Å². The van der Waals surface area contributed by atoms with Crippen molar-refractivity contribution < 1.29 is 23.8 Å². The van der Waals surface area contributed by atoms with Crippen LogP contribution in [0.5, 0.6) is 17.2 Å². The summed E-state index contributed by atoms with van der Waals surface area (Å²) in [7, 11) is 0. The Labute approximate surface area is 151 Å². The molecule has 7 nitrogen and oxygen atoms in total. The monoisotopic (exact) mass is 356 g/mol. The zero-order valence-corrected chi connectivity index (χ0v) is 14.6. The van der Waals surface area contributed by atoms with E-state index in [1.165, 1.54) is 0 Å². The fourth-order valence-electron chi connectivity index (χ4n) is 2.56. The number of rotatable bonds is 6. The molecule has 26 heavy (non-hydrogen) atoms. The molecule has 1 aliphatic heterocycles. The summed E-state index contributed by atoms with van der Waals surface area (Å²) in [4.78, 5) is 24.1. The molecule has 7 heteroatoms. The fraction of sp³-hybridized carbons (Fsp3) is 0.263. The first-order valence-corrected chi connectivity index (χ1v) is 8.38. The molecule has 2 aromatic rings. The Balaban J connectivity index is 1.84. The van der Waals surface area contributed by atoms with Crippen molar-refractivity contribution in [2.45, 2.75) is 13.8 Å². The van der Waals surface area contributed by atoms with Gasteiger partial charge < -0.3 is 24.8 Å². The minimum Gasteiger partial charge on any atom is -0.494 e. The number of nitrogens with one attached hydrogen (secondary N) is 2. The summed E-state index contributed by atoms with van der Waals surface area (Å²) in [6, 6.07) is 10.1. The molecule has 3 rings (SSSR count). The Morgan fingerprint density at radius 3 is 2.73 bits per heavy atom. The number of anilines is 2. The molecule has 2 aromatic carbocycles. The van der Waals surface area contributed by atoms with Crippen LogP contribution in [0.4, 0.5) is 11.4 Å². The van der Waals surface area contributed by atoms with Crippen LogP contribution in [0, 0.1) is 0 Å². The summed E-state index contributed by atoms with van der Waals surface area (Å²) in [5.74, 6) is 1.14. The topological polar surface area (TPSA) is 85.9 Å². The van der Waals surface area contributed by atoms with Gasteiger partial charge in [0, 0.05) is 11.6 Å². The van der Waals surface area contributed by atoms with E-state index in [1.807, 2.05) is 13.8 Å². The summed E-state index contributed by atoms with van der Waals surface area (Å²) in [5.41, 5.74) is 1.38. The normalized spacial score (nSPS) is 12.5. The average molecular weight is 356 g/mol. The molecule has 0 aliphatic carbocycles. The van der Waals surface area contributed by atoms with E-state index in [2.05, 4.69) is 10.6 Å². The summed E-state index contributed by atoms with van der Waals surface area (Å²) >= 11 is 0. The van der Waals surface area contributed by atoms with Crippen LogP contribution < -0.4 is 24.8 Å². The lowest BCUT2D eigenvalue weighted by molar-refractivity contribution is -0.118. The van der Waals surface area contributed by atoms with Crippen LogP contribution in [-0.4, -0.2) is 31.6 Å². The Hall–Kier alpha value is -3.22. The predicted molar refractivity (Wildman–Crippen MR) is 97.3 cm³/mol. The highest BCUT2D eigenvalue weighted by Crippen LogP contribution is 2.31. The molecular formula is C19H20N2O5. The van der Waals surface area contributed by atoms with E-state index in [9.17, 15) is 9.59 Å². The number of hydrogen-bond donors (Lipinski definition) is 2. The van der Waals surface area contributed by atoms with Gasteiger partial charge in [0.25, 0.3) is 11.8 Å². The molecule has 0 atom stereocenters. The highest BCUT2D eigenvalue weighted by atomic mass is 16.5. The SMILES string of the molecule is CCOc1ccc(OCC)c(NC(=O)c2ccc3c(c2)NC(=O)CO3)c1. The Morgan fingerprint density at radius 1 is 1.15 bits per heavy atom. The van der Waals surface area contributed by atoms with Crippen LogP contribution in [0.2, 0.25) is 0 Å². The van der Waals surface area contributed by atoms with Gasteiger partial charge in [-0.25, -0.2) is 0 Å². The Morgan fingerprint density at radius 2 is 1.96 bits per heavy atom. The van der Waals surface area contributed by atoms with Crippen LogP contribution in [0.3, 0.4) is 0 Å². The smallest absolute Gasteiger partial charge is 0.262 e. The number of carbonyl (C=O) groups is 2. The van der Waals surface area contributed by atoms with Gasteiger partial charge in [-0.05, 0) is 44.2 Å². The lowest BCUT2D eigenvalue weighted by Crippen LogP contribution is -2.25. The van der Waals surface area contributed by atoms with Crippen molar-refractivity contribution in [2.75, 3.05) is 30.5 Å². The average Bonchev–Trinajstić information content (AvgIpc) is 2.63. The lowest BCUT2D eigenvalue weighted by atomic mass is 10.1. The molecule has 2 N–H and O–H groups in total. The standard InChI is InChI=1S/C19H20N2O5/c1-3-24-13-6-8-16(25-4-2)15(10-13)21-19(23)12-5-7-17-14(9-12)20-18(22)11-26-17/h5-10H,3-4,11H2,1-2H3,(H,20,22)(H,21,23). The zero-order valence-electron chi connectivity index (χ0n) is 14.6. The van der Waals surface area contributed by atoms with Gasteiger partial charge >= 0.3 is 0 Å². The number of hydrogen-bond acceptors (Lipinski definition) is 5. The van der Waals surface area contributed by atoms with Crippen molar-refractivity contribution in [3.05, 3.63) is 42.0 Å². The minimum absolute atomic E-state index is 0.0273. The van der Waals surface area contributed by atoms with Crippen molar-refractivity contribution in [1.82, 2.24) is 0 Å². The van der Waals surface area contributed by atoms with Crippen LogP contribution >= 0.6 is 0 Å². The largest absolute Gasteiger partial charge is 0.494 e. The first kappa shape index (κ1) is 17.6. The number of fused-ring (bicyclic) bond motifs is 1. The van der Waals surface area contributed by atoms with Gasteiger partial charge in [-0.15, -0.1) is 0 Å². The number of carbonyl (C=O) groups excluding carboxylic acids is 2. The van der Waals surface area contributed by atoms with Crippen molar-refractivity contribution in [3.63, 3.8) is 0 Å². The number of ether oxygens (including phenoxy) is 3. The van der Waals surface area contributed by atoms with E-state index in [0.717, 1.165) is 0 Å². The molecule has 136 valence electrons. The van der Waals surface area contributed by atoms with E-state index >= 15 is 0 Å². The fourth-order valence-corrected chi connectivity index (χ4v) is 2.56. The maximum atomic E-state index is 12.6. The van der Waals surface area contributed by atoms with Crippen molar-refractivity contribution in [3.8, 4) is 17.2 Å². The molecule has 0 saturated heterocycles. The van der Waals surface area contributed by atoms with E-state index in [1.54, 1.807) is 36.4 Å². The molecule has 2 amide bonds. The van der Waals surface area contributed by atoms with E-state index in [4.69, 9.17) is 14.2 Å². The van der Waals surface area contributed by atoms with Gasteiger partial charge in [0.05, 0.1) is 24.6 Å². The van der Waals surface area contributed by atoms with Gasteiger partial charge in [0.2, 0.25) is 0 Å². The Bertz CT molecular complexity index is 835. The van der Waals surface area contributed by atoms with E-state index in [-0.39, 0.29) is 18.4 Å². The third-order valence-electron chi connectivity index (χ3n) is 3.68. The lowest BCUT2D eigenvalue weighted by Gasteiger charge is -2.18. The summed E-state index contributed by atoms with van der Waals surface area (Å²) in [6.07, 6.45) is 0. The van der Waals surface area contributed by atoms with Gasteiger partial charge in [0.15, 0.2) is 6.61 Å². The third kappa shape index (κ3) is 3.88. The first-order chi connectivity index (χ1) is 12.6. The highest BCUT2D eigenvalue weighted by molar-refractivity contribution is 6.07. The molecule has 0 bridgehead atoms. The highest BCUT2D eigenvalue weighted by Gasteiger charge is 2.18. The summed E-state index contributed by atoms with van der Waals surface area (Å²) in [6.45, 7) is 4.72. The molecule has 0 aromatic heterocycles. The molecule has 0 fully saturated rings. The Kier molecular flexibility index (Phi) is 5.26. The van der Waals surface area contributed by atoms with Crippen molar-refractivity contribution in [2.24, 2.45) is 0 Å². The molecule has 0 saturated carbocycles. The molecule has 0 unspecified atom stereocenters. The maximum Gasteiger partial charge on any atom is 0.262 e. The zero-order chi connectivity index (χ0) is 18.5. The second-order valence-electron chi connectivity index (χ2n) is 5.53. The second kappa shape index (κ2) is 7.77. The van der Waals surface area contributed by atoms with E-state index < -0.39 is 0 Å². The van der Waals surface area contributed by atoms with Crippen LogP contribution in [0.15, 0.2) is 36.4 Å². The van der Waals surface area contributed by atoms with Crippen LogP contribution in [0.25, 0.3) is 0 Å². The molecule has 1 heterocycles. The number of benzene rings is 2. The second-order valence-corrected chi connectivity index (χ2v) is 5.53. The molecule has 0 spiro atoms. The van der Waals surface area contributed by atoms with Crippen molar-refractivity contribution >= 4 is 23.2 Å². The predicted octanol–water partition coefficient (Wildman–Crippen LogP) is 3.07. The van der Waals surface area contributed by atoms with Crippen LogP contribution in [-0.2, 0) is 4.79 Å². The minimum atomic E-state index is -0.331. The molecule has 0 radical (unpaired) electrons. The maximum absolute atomic E-state index is 12.6. The van der Waals surface area contributed by atoms with Gasteiger partial charge in [-0.2, -0.15) is 0 Å². The van der Waals surface area contributed by atoms with Gasteiger partial charge in [-0.1, -0.05) is 0 Å². The summed E-state index contributed by atoms with van der Waals surface area (Å²) in [5, 5.41) is 5.52. The van der Waals surface area contributed by atoms with Crippen molar-refractivity contribution in [1.29, 1.82) is 0 Å². The van der Waals surface area contributed by atoms with E-state index in [0.29, 0.717) is 47.4 Å². The summed E-state index contributed by atoms with van der Waals surface area (Å²) < 4.78 is 16.3. The molecule has 1 aliphatic rings. The van der Waals surface area contributed by atoms with Crippen LogP contribution in [0.1, 0.15) is 24.2 Å². The van der Waals surface area contributed by atoms with Gasteiger partial charge in [-0.3, -0.25) is 9.59 Å². The molecular weight excluding hydrogens is 336 g/mol.